The second kappa shape index (κ2) is 2.80. The monoisotopic (exact) mass is 197 g/mol. The minimum absolute atomic E-state index is 0.0578. The van der Waals surface area contributed by atoms with E-state index in [0.29, 0.717) is 0 Å². The molecule has 1 saturated carbocycles. The molecule has 1 fully saturated rings. The Hall–Kier alpha value is -0.900. The third-order valence-corrected chi connectivity index (χ3v) is 3.65. The van der Waals surface area contributed by atoms with Crippen molar-refractivity contribution in [3.63, 3.8) is 0 Å². The zero-order valence-corrected chi connectivity index (χ0v) is 8.23. The van der Waals surface area contributed by atoms with Gasteiger partial charge in [0.05, 0.1) is 11.4 Å². The molecule has 70 valence electrons. The molecule has 1 aliphatic rings. The third kappa shape index (κ3) is 1.58. The van der Waals surface area contributed by atoms with Crippen molar-refractivity contribution in [2.24, 2.45) is 0 Å². The van der Waals surface area contributed by atoms with Crippen LogP contribution in [-0.2, 0) is 10.2 Å². The first-order valence-corrected chi connectivity index (χ1v) is 5.09. The number of hydrogen-bond donors (Lipinski definition) is 1. The van der Waals surface area contributed by atoms with E-state index in [4.69, 9.17) is 5.11 Å². The van der Waals surface area contributed by atoms with Gasteiger partial charge in [-0.1, -0.05) is 0 Å². The van der Waals surface area contributed by atoms with Crippen LogP contribution in [0.3, 0.4) is 0 Å². The molecule has 1 aromatic heterocycles. The first kappa shape index (κ1) is 8.69. The molecule has 0 radical (unpaired) electrons. The van der Waals surface area contributed by atoms with E-state index in [9.17, 15) is 4.79 Å². The summed E-state index contributed by atoms with van der Waals surface area (Å²) in [6, 6.07) is 0. The Morgan fingerprint density at radius 3 is 2.85 bits per heavy atom. The van der Waals surface area contributed by atoms with Crippen LogP contribution in [-0.4, -0.2) is 16.1 Å². The van der Waals surface area contributed by atoms with Crippen LogP contribution in [0.1, 0.15) is 29.1 Å². The van der Waals surface area contributed by atoms with Gasteiger partial charge in [-0.25, -0.2) is 4.98 Å². The van der Waals surface area contributed by atoms with E-state index in [2.05, 4.69) is 4.98 Å². The molecular formula is C9H11NO2S. The Bertz CT molecular complexity index is 341. The van der Waals surface area contributed by atoms with Gasteiger partial charge in [-0.05, 0) is 19.8 Å². The summed E-state index contributed by atoms with van der Waals surface area (Å²) in [6.45, 7) is 1.95. The lowest BCUT2D eigenvalue weighted by molar-refractivity contribution is -0.137. The highest BCUT2D eigenvalue weighted by Gasteiger charge is 2.47. The summed E-state index contributed by atoms with van der Waals surface area (Å²) in [5.74, 6) is -0.705. The smallest absolute Gasteiger partial charge is 0.304 e. The van der Waals surface area contributed by atoms with Crippen molar-refractivity contribution in [3.8, 4) is 0 Å². The van der Waals surface area contributed by atoms with E-state index in [1.54, 1.807) is 11.3 Å². The molecule has 0 amide bonds. The lowest BCUT2D eigenvalue weighted by atomic mass is 10.0. The van der Waals surface area contributed by atoms with Crippen LogP contribution in [0.15, 0.2) is 6.20 Å². The van der Waals surface area contributed by atoms with Gasteiger partial charge in [0.2, 0.25) is 0 Å². The van der Waals surface area contributed by atoms with E-state index in [1.807, 2.05) is 13.1 Å². The summed E-state index contributed by atoms with van der Waals surface area (Å²) >= 11 is 1.62. The Kier molecular flexibility index (Phi) is 1.87. The summed E-state index contributed by atoms with van der Waals surface area (Å²) in [5.41, 5.74) is -0.0578. The number of carbonyl (C=O) groups is 1. The van der Waals surface area contributed by atoms with Crippen LogP contribution >= 0.6 is 11.3 Å². The molecule has 1 N–H and O–H groups in total. The lowest BCUT2D eigenvalue weighted by Crippen LogP contribution is -2.11. The fraction of sp³-hybridized carbons (Fsp3) is 0.556. The van der Waals surface area contributed by atoms with Gasteiger partial charge in [-0.15, -0.1) is 11.3 Å². The fourth-order valence-corrected chi connectivity index (χ4v) is 2.58. The molecule has 1 heterocycles. The quantitative estimate of drug-likeness (QED) is 0.805. The molecule has 4 heteroatoms. The largest absolute Gasteiger partial charge is 0.481 e. The normalized spacial score (nSPS) is 18.5. The van der Waals surface area contributed by atoms with E-state index in [1.165, 1.54) is 0 Å². The molecule has 0 unspecified atom stereocenters. The van der Waals surface area contributed by atoms with Gasteiger partial charge >= 0.3 is 5.97 Å². The topological polar surface area (TPSA) is 50.2 Å². The van der Waals surface area contributed by atoms with Crippen LogP contribution in [0.25, 0.3) is 0 Å². The van der Waals surface area contributed by atoms with Crippen molar-refractivity contribution in [1.82, 2.24) is 4.98 Å². The van der Waals surface area contributed by atoms with Crippen molar-refractivity contribution in [1.29, 1.82) is 0 Å². The van der Waals surface area contributed by atoms with Crippen molar-refractivity contribution in [3.05, 3.63) is 16.1 Å². The SMILES string of the molecule is Cc1ncc(C2(CC(=O)O)CC2)s1. The first-order valence-electron chi connectivity index (χ1n) is 4.27. The van der Waals surface area contributed by atoms with Crippen LogP contribution < -0.4 is 0 Å². The maximum absolute atomic E-state index is 10.6. The Labute approximate surface area is 80.4 Å². The minimum Gasteiger partial charge on any atom is -0.481 e. The molecule has 0 saturated heterocycles. The second-order valence-corrected chi connectivity index (χ2v) is 4.83. The van der Waals surface area contributed by atoms with E-state index >= 15 is 0 Å². The summed E-state index contributed by atoms with van der Waals surface area (Å²) < 4.78 is 0. The molecular weight excluding hydrogens is 186 g/mol. The molecule has 0 aliphatic heterocycles. The molecule has 0 aromatic carbocycles. The molecule has 0 atom stereocenters. The molecule has 0 spiro atoms. The number of aryl methyl sites for hydroxylation is 1. The van der Waals surface area contributed by atoms with E-state index in [0.717, 1.165) is 22.7 Å². The Morgan fingerprint density at radius 1 is 1.77 bits per heavy atom. The zero-order chi connectivity index (χ0) is 9.47. The number of aromatic nitrogens is 1. The maximum Gasteiger partial charge on any atom is 0.304 e. The van der Waals surface area contributed by atoms with Gasteiger partial charge in [-0.2, -0.15) is 0 Å². The Balaban J connectivity index is 2.20. The minimum atomic E-state index is -0.705. The van der Waals surface area contributed by atoms with E-state index < -0.39 is 5.97 Å². The average molecular weight is 197 g/mol. The van der Waals surface area contributed by atoms with Crippen molar-refractivity contribution < 1.29 is 9.90 Å². The number of aliphatic carboxylic acids is 1. The predicted molar refractivity (Wildman–Crippen MR) is 50.0 cm³/mol. The molecule has 1 aromatic rings. The maximum atomic E-state index is 10.6. The number of carboxylic acids is 1. The number of thiazole rings is 1. The number of carboxylic acid groups (broad SMARTS) is 1. The molecule has 13 heavy (non-hydrogen) atoms. The van der Waals surface area contributed by atoms with Gasteiger partial charge in [0.1, 0.15) is 0 Å². The van der Waals surface area contributed by atoms with Gasteiger partial charge in [0.25, 0.3) is 0 Å². The predicted octanol–water partition coefficient (Wildman–Crippen LogP) is 1.96. The Morgan fingerprint density at radius 2 is 2.46 bits per heavy atom. The molecule has 1 aliphatic carbocycles. The first-order chi connectivity index (χ1) is 6.12. The number of rotatable bonds is 3. The van der Waals surface area contributed by atoms with Crippen LogP contribution in [0.2, 0.25) is 0 Å². The van der Waals surface area contributed by atoms with Gasteiger partial charge in [0.15, 0.2) is 0 Å². The summed E-state index contributed by atoms with van der Waals surface area (Å²) in [4.78, 5) is 15.9. The van der Waals surface area contributed by atoms with E-state index in [-0.39, 0.29) is 11.8 Å². The van der Waals surface area contributed by atoms with Crippen LogP contribution in [0.5, 0.6) is 0 Å². The summed E-state index contributed by atoms with van der Waals surface area (Å²) in [7, 11) is 0. The molecule has 2 rings (SSSR count). The molecule has 0 bridgehead atoms. The highest BCUT2D eigenvalue weighted by molar-refractivity contribution is 7.11. The number of hydrogen-bond acceptors (Lipinski definition) is 3. The van der Waals surface area contributed by atoms with Gasteiger partial charge in [0, 0.05) is 16.5 Å². The highest BCUT2D eigenvalue weighted by Crippen LogP contribution is 2.52. The van der Waals surface area contributed by atoms with Gasteiger partial charge < -0.3 is 5.11 Å². The van der Waals surface area contributed by atoms with Gasteiger partial charge in [-0.3, -0.25) is 4.79 Å². The average Bonchev–Trinajstić information content (AvgIpc) is 2.65. The number of nitrogens with zero attached hydrogens (tertiary/aromatic N) is 1. The lowest BCUT2D eigenvalue weighted by Gasteiger charge is -2.07. The van der Waals surface area contributed by atoms with Crippen molar-refractivity contribution in [2.45, 2.75) is 31.6 Å². The summed E-state index contributed by atoms with van der Waals surface area (Å²) in [6.07, 6.45) is 4.09. The second-order valence-electron chi connectivity index (χ2n) is 3.59. The standard InChI is InChI=1S/C9H11NO2S/c1-6-10-5-7(13-6)9(2-3-9)4-8(11)12/h5H,2-4H2,1H3,(H,11,12). The highest BCUT2D eigenvalue weighted by atomic mass is 32.1. The summed E-state index contributed by atoms with van der Waals surface area (Å²) in [5, 5.41) is 9.76. The zero-order valence-electron chi connectivity index (χ0n) is 7.41. The van der Waals surface area contributed by atoms with Crippen LogP contribution in [0.4, 0.5) is 0 Å². The third-order valence-electron chi connectivity index (χ3n) is 2.49. The van der Waals surface area contributed by atoms with Crippen LogP contribution in [0, 0.1) is 6.92 Å². The molecule has 3 nitrogen and oxygen atoms in total. The van der Waals surface area contributed by atoms with Crippen molar-refractivity contribution in [2.75, 3.05) is 0 Å². The van der Waals surface area contributed by atoms with Crippen molar-refractivity contribution >= 4 is 17.3 Å². The fourth-order valence-electron chi connectivity index (χ4n) is 1.56.